The maximum atomic E-state index is 11.4. The fraction of sp³-hybridized carbons (Fsp3) is 0.364. The number of amides is 1. The highest BCUT2D eigenvalue weighted by Gasteiger charge is 2.20. The average Bonchev–Trinajstić information content (AvgIpc) is 2.31. The molecule has 0 radical (unpaired) electrons. The number of ether oxygens (including phenoxy) is 1. The van der Waals surface area contributed by atoms with Gasteiger partial charge < -0.3 is 4.74 Å². The summed E-state index contributed by atoms with van der Waals surface area (Å²) >= 11 is 0. The Morgan fingerprint density at radius 2 is 2.21 bits per heavy atom. The Morgan fingerprint density at radius 3 is 3.00 bits per heavy atom. The van der Waals surface area contributed by atoms with Crippen molar-refractivity contribution in [2.24, 2.45) is 0 Å². The van der Waals surface area contributed by atoms with Crippen LogP contribution in [0.1, 0.15) is 11.1 Å². The Kier molecular flexibility index (Phi) is 2.15. The van der Waals surface area contributed by atoms with Crippen molar-refractivity contribution < 1.29 is 9.53 Å². The summed E-state index contributed by atoms with van der Waals surface area (Å²) in [6.07, 6.45) is 0.535. The van der Waals surface area contributed by atoms with Crippen molar-refractivity contribution in [1.82, 2.24) is 0 Å². The quantitative estimate of drug-likeness (QED) is 0.628. The zero-order valence-corrected chi connectivity index (χ0v) is 8.41. The van der Waals surface area contributed by atoms with Gasteiger partial charge in [-0.15, -0.1) is 0 Å². The van der Waals surface area contributed by atoms with E-state index in [1.807, 2.05) is 12.1 Å². The molecule has 1 amide bonds. The second-order valence-corrected chi connectivity index (χ2v) is 3.50. The van der Waals surface area contributed by atoms with Crippen LogP contribution in [0, 0.1) is 6.92 Å². The third-order valence-corrected chi connectivity index (χ3v) is 2.60. The highest BCUT2D eigenvalue weighted by molar-refractivity contribution is 5.89. The number of carbonyl (C=O) groups excluding carboxylic acids is 1. The topological polar surface area (TPSA) is 29.5 Å². The van der Waals surface area contributed by atoms with Crippen molar-refractivity contribution in [3.63, 3.8) is 0 Å². The lowest BCUT2D eigenvalue weighted by molar-refractivity contribution is 0.159. The molecule has 0 aliphatic carbocycles. The molecule has 14 heavy (non-hydrogen) atoms. The molecule has 0 aromatic heterocycles. The Morgan fingerprint density at radius 1 is 1.43 bits per heavy atom. The van der Waals surface area contributed by atoms with Gasteiger partial charge in [-0.3, -0.25) is 4.90 Å². The zero-order valence-electron chi connectivity index (χ0n) is 8.41. The molecule has 0 saturated heterocycles. The normalized spacial score (nSPS) is 15.9. The number of hydrogen-bond acceptors (Lipinski definition) is 2. The lowest BCUT2D eigenvalue weighted by atomic mass is 10.0. The minimum atomic E-state index is -0.269. The molecule has 1 aliphatic rings. The maximum Gasteiger partial charge on any atom is 0.414 e. The van der Waals surface area contributed by atoms with Crippen LogP contribution in [-0.4, -0.2) is 19.7 Å². The molecule has 0 fully saturated rings. The molecule has 1 heterocycles. The fourth-order valence-electron chi connectivity index (χ4n) is 1.76. The van der Waals surface area contributed by atoms with Gasteiger partial charge in [0, 0.05) is 13.5 Å². The number of nitrogens with zero attached hydrogens (tertiary/aromatic N) is 1. The summed E-state index contributed by atoms with van der Waals surface area (Å²) < 4.78 is 5.04. The van der Waals surface area contributed by atoms with Crippen LogP contribution in [0.2, 0.25) is 0 Å². The second kappa shape index (κ2) is 3.33. The average molecular weight is 191 g/mol. The molecule has 0 atom stereocenters. The summed E-state index contributed by atoms with van der Waals surface area (Å²) in [5.41, 5.74) is 3.39. The summed E-state index contributed by atoms with van der Waals surface area (Å²) in [6, 6.07) is 5.97. The molecule has 0 unspecified atom stereocenters. The van der Waals surface area contributed by atoms with Gasteiger partial charge in [-0.1, -0.05) is 12.1 Å². The van der Waals surface area contributed by atoms with Gasteiger partial charge in [0.1, 0.15) is 0 Å². The molecule has 2 rings (SSSR count). The first kappa shape index (κ1) is 9.06. The lowest BCUT2D eigenvalue weighted by Crippen LogP contribution is -2.25. The van der Waals surface area contributed by atoms with Crippen molar-refractivity contribution in [2.75, 3.05) is 18.6 Å². The minimum Gasteiger partial charge on any atom is -0.449 e. The van der Waals surface area contributed by atoms with E-state index in [1.54, 1.807) is 11.9 Å². The van der Waals surface area contributed by atoms with Crippen LogP contribution in [0.5, 0.6) is 0 Å². The molecule has 1 aliphatic heterocycles. The van der Waals surface area contributed by atoms with Gasteiger partial charge in [-0.25, -0.2) is 4.79 Å². The summed E-state index contributed by atoms with van der Waals surface area (Å²) in [4.78, 5) is 13.0. The van der Waals surface area contributed by atoms with Crippen molar-refractivity contribution in [3.8, 4) is 0 Å². The van der Waals surface area contributed by atoms with Gasteiger partial charge in [-0.2, -0.15) is 0 Å². The highest BCUT2D eigenvalue weighted by Crippen LogP contribution is 2.26. The lowest BCUT2D eigenvalue weighted by Gasteiger charge is -2.16. The first-order valence-corrected chi connectivity index (χ1v) is 4.69. The molecular formula is C11H13NO2. The molecule has 0 saturated carbocycles. The summed E-state index contributed by atoms with van der Waals surface area (Å²) in [5, 5.41) is 0. The van der Waals surface area contributed by atoms with Crippen LogP contribution in [0.25, 0.3) is 0 Å². The number of anilines is 1. The SMILES string of the molecule is Cc1cccc2c1CCOC(=O)N2C. The number of aryl methyl sites for hydroxylation is 1. The first-order valence-electron chi connectivity index (χ1n) is 4.69. The van der Waals surface area contributed by atoms with Crippen LogP contribution < -0.4 is 4.90 Å². The smallest absolute Gasteiger partial charge is 0.414 e. The van der Waals surface area contributed by atoms with Gasteiger partial charge >= 0.3 is 6.09 Å². The van der Waals surface area contributed by atoms with E-state index in [0.717, 1.165) is 12.1 Å². The number of benzene rings is 1. The van der Waals surface area contributed by atoms with Crippen LogP contribution in [-0.2, 0) is 11.2 Å². The maximum absolute atomic E-state index is 11.4. The summed E-state index contributed by atoms with van der Waals surface area (Å²) in [5.74, 6) is 0. The second-order valence-electron chi connectivity index (χ2n) is 3.50. The molecule has 3 heteroatoms. The van der Waals surface area contributed by atoms with E-state index in [2.05, 4.69) is 13.0 Å². The van der Waals surface area contributed by atoms with Crippen LogP contribution >= 0.6 is 0 Å². The van der Waals surface area contributed by atoms with Crippen molar-refractivity contribution in [2.45, 2.75) is 13.3 Å². The van der Waals surface area contributed by atoms with Gasteiger partial charge in [0.15, 0.2) is 0 Å². The van der Waals surface area contributed by atoms with Crippen LogP contribution in [0.4, 0.5) is 10.5 Å². The van der Waals surface area contributed by atoms with Crippen LogP contribution in [0.3, 0.4) is 0 Å². The Labute approximate surface area is 83.3 Å². The predicted molar refractivity (Wildman–Crippen MR) is 54.6 cm³/mol. The van der Waals surface area contributed by atoms with Gasteiger partial charge in [0.05, 0.1) is 12.3 Å². The molecule has 0 N–H and O–H groups in total. The number of hydrogen-bond donors (Lipinski definition) is 0. The number of fused-ring (bicyclic) bond motifs is 1. The predicted octanol–water partition coefficient (Wildman–Crippen LogP) is 2.12. The number of carbonyl (C=O) groups is 1. The first-order chi connectivity index (χ1) is 6.70. The Balaban J connectivity index is 2.53. The van der Waals surface area contributed by atoms with Gasteiger partial charge in [0.25, 0.3) is 0 Å². The highest BCUT2D eigenvalue weighted by atomic mass is 16.6. The summed E-state index contributed by atoms with van der Waals surface area (Å²) in [6.45, 7) is 2.53. The molecule has 0 bridgehead atoms. The van der Waals surface area contributed by atoms with Crippen molar-refractivity contribution in [3.05, 3.63) is 29.3 Å². The molecular weight excluding hydrogens is 178 g/mol. The molecule has 74 valence electrons. The van der Waals surface area contributed by atoms with E-state index >= 15 is 0 Å². The Hall–Kier alpha value is -1.51. The third kappa shape index (κ3) is 1.35. The molecule has 1 aromatic carbocycles. The standard InChI is InChI=1S/C11H13NO2/c1-8-4-3-5-10-9(8)6-7-14-11(13)12(10)2/h3-5H,6-7H2,1-2H3. The van der Waals surface area contributed by atoms with Gasteiger partial charge in [0.2, 0.25) is 0 Å². The largest absolute Gasteiger partial charge is 0.449 e. The molecule has 3 nitrogen and oxygen atoms in total. The van der Waals surface area contributed by atoms with E-state index in [0.29, 0.717) is 6.61 Å². The number of cyclic esters (lactones) is 1. The van der Waals surface area contributed by atoms with E-state index in [9.17, 15) is 4.79 Å². The van der Waals surface area contributed by atoms with Crippen molar-refractivity contribution in [1.29, 1.82) is 0 Å². The van der Waals surface area contributed by atoms with Gasteiger partial charge in [-0.05, 0) is 24.1 Å². The van der Waals surface area contributed by atoms with E-state index in [1.165, 1.54) is 11.1 Å². The summed E-state index contributed by atoms with van der Waals surface area (Å²) in [7, 11) is 1.74. The van der Waals surface area contributed by atoms with Crippen molar-refractivity contribution >= 4 is 11.8 Å². The zero-order chi connectivity index (χ0) is 10.1. The van der Waals surface area contributed by atoms with E-state index in [-0.39, 0.29) is 6.09 Å². The number of rotatable bonds is 0. The van der Waals surface area contributed by atoms with Crippen LogP contribution in [0.15, 0.2) is 18.2 Å². The monoisotopic (exact) mass is 191 g/mol. The van der Waals surface area contributed by atoms with E-state index in [4.69, 9.17) is 4.74 Å². The molecule has 0 spiro atoms. The fourth-order valence-corrected chi connectivity index (χ4v) is 1.76. The van der Waals surface area contributed by atoms with E-state index < -0.39 is 0 Å². The third-order valence-electron chi connectivity index (χ3n) is 2.60. The minimum absolute atomic E-state index is 0.269. The Bertz CT molecular complexity index is 374. The molecule has 1 aromatic rings.